The summed E-state index contributed by atoms with van der Waals surface area (Å²) in [5, 5.41) is 9.40. The molecule has 1 fully saturated rings. The molecule has 1 aliphatic carbocycles. The molecule has 0 radical (unpaired) electrons. The maximum atomic E-state index is 12.3. The Labute approximate surface area is 90.2 Å². The lowest BCUT2D eigenvalue weighted by Gasteiger charge is -2.28. The average Bonchev–Trinajstić information content (AvgIpc) is 2.55. The van der Waals surface area contributed by atoms with Crippen molar-refractivity contribution in [3.8, 4) is 0 Å². The van der Waals surface area contributed by atoms with Crippen molar-refractivity contribution < 1.29 is 18.3 Å². The Hall–Kier alpha value is 0.330. The van der Waals surface area contributed by atoms with Gasteiger partial charge in [0.05, 0.1) is 6.10 Å². The minimum Gasteiger partial charge on any atom is -0.389 e. The Bertz CT molecular complexity index is 237. The van der Waals surface area contributed by atoms with Gasteiger partial charge in [-0.05, 0) is 17.8 Å². The standard InChI is InChI=1S/C8H11Cl2F3O/c1-6(2)3-4(6)5(14)7(9,10)8(11,12)13/h4-5,14H,3H2,1-2H3/t4-,5-/m1/s1. The minimum atomic E-state index is -4.81. The van der Waals surface area contributed by atoms with Gasteiger partial charge in [0, 0.05) is 0 Å². The second-order valence-electron chi connectivity index (χ2n) is 4.36. The highest BCUT2D eigenvalue weighted by Gasteiger charge is 2.65. The molecule has 0 aromatic rings. The van der Waals surface area contributed by atoms with Crippen LogP contribution in [0.25, 0.3) is 0 Å². The van der Waals surface area contributed by atoms with Crippen molar-refractivity contribution in [2.75, 3.05) is 0 Å². The molecule has 1 saturated carbocycles. The van der Waals surface area contributed by atoms with Crippen molar-refractivity contribution in [1.29, 1.82) is 0 Å². The second kappa shape index (κ2) is 3.16. The van der Waals surface area contributed by atoms with Crippen molar-refractivity contribution in [1.82, 2.24) is 0 Å². The van der Waals surface area contributed by atoms with Crippen LogP contribution in [0.2, 0.25) is 0 Å². The zero-order valence-corrected chi connectivity index (χ0v) is 9.21. The number of hydrogen-bond donors (Lipinski definition) is 1. The van der Waals surface area contributed by atoms with Crippen molar-refractivity contribution in [3.63, 3.8) is 0 Å². The Morgan fingerprint density at radius 1 is 1.36 bits per heavy atom. The van der Waals surface area contributed by atoms with Crippen LogP contribution in [0, 0.1) is 11.3 Å². The highest BCUT2D eigenvalue weighted by Crippen LogP contribution is 2.59. The molecule has 0 aromatic heterocycles. The SMILES string of the molecule is CC1(C)C[C@@H]1[C@@H](O)C(Cl)(Cl)C(F)(F)F. The van der Waals surface area contributed by atoms with Crippen LogP contribution in [0.1, 0.15) is 20.3 Å². The van der Waals surface area contributed by atoms with Crippen molar-refractivity contribution in [2.24, 2.45) is 11.3 Å². The molecule has 1 N–H and O–H groups in total. The fraction of sp³-hybridized carbons (Fsp3) is 1.00. The Kier molecular flexibility index (Phi) is 2.80. The van der Waals surface area contributed by atoms with Crippen LogP contribution >= 0.6 is 23.2 Å². The molecule has 0 saturated heterocycles. The van der Waals surface area contributed by atoms with Crippen LogP contribution in [0.15, 0.2) is 0 Å². The van der Waals surface area contributed by atoms with Gasteiger partial charge >= 0.3 is 6.18 Å². The molecule has 0 spiro atoms. The van der Waals surface area contributed by atoms with E-state index in [0.717, 1.165) is 0 Å². The van der Waals surface area contributed by atoms with Crippen LogP contribution < -0.4 is 0 Å². The summed E-state index contributed by atoms with van der Waals surface area (Å²) in [6, 6.07) is 0. The predicted molar refractivity (Wildman–Crippen MR) is 48.4 cm³/mol. The molecule has 14 heavy (non-hydrogen) atoms. The monoisotopic (exact) mass is 250 g/mol. The summed E-state index contributed by atoms with van der Waals surface area (Å²) in [5.41, 5.74) is -0.306. The molecule has 1 rings (SSSR count). The minimum absolute atomic E-state index is 0.306. The van der Waals surface area contributed by atoms with Crippen molar-refractivity contribution in [2.45, 2.75) is 36.9 Å². The van der Waals surface area contributed by atoms with E-state index in [4.69, 9.17) is 23.2 Å². The van der Waals surface area contributed by atoms with Crippen LogP contribution in [-0.2, 0) is 0 Å². The Morgan fingerprint density at radius 3 is 1.93 bits per heavy atom. The van der Waals surface area contributed by atoms with Gasteiger partial charge in [-0.2, -0.15) is 13.2 Å². The molecule has 6 heteroatoms. The van der Waals surface area contributed by atoms with Gasteiger partial charge in [0.15, 0.2) is 0 Å². The van der Waals surface area contributed by atoms with E-state index < -0.39 is 22.5 Å². The molecule has 1 nitrogen and oxygen atoms in total. The van der Waals surface area contributed by atoms with Crippen LogP contribution in [0.3, 0.4) is 0 Å². The second-order valence-corrected chi connectivity index (χ2v) is 5.75. The summed E-state index contributed by atoms with van der Waals surface area (Å²) in [6.07, 6.45) is -6.07. The lowest BCUT2D eigenvalue weighted by molar-refractivity contribution is -0.165. The fourth-order valence-electron chi connectivity index (χ4n) is 1.47. The van der Waals surface area contributed by atoms with E-state index in [1.807, 2.05) is 0 Å². The number of aliphatic hydroxyl groups is 1. The molecule has 0 heterocycles. The van der Waals surface area contributed by atoms with Gasteiger partial charge in [-0.1, -0.05) is 37.0 Å². The maximum Gasteiger partial charge on any atom is 0.424 e. The maximum absolute atomic E-state index is 12.3. The van der Waals surface area contributed by atoms with E-state index in [9.17, 15) is 18.3 Å². The first-order chi connectivity index (χ1) is 6.00. The molecule has 0 unspecified atom stereocenters. The molecular weight excluding hydrogens is 240 g/mol. The lowest BCUT2D eigenvalue weighted by atomic mass is 10.0. The first kappa shape index (κ1) is 12.4. The highest BCUT2D eigenvalue weighted by atomic mass is 35.5. The van der Waals surface area contributed by atoms with Crippen LogP contribution in [0.5, 0.6) is 0 Å². The van der Waals surface area contributed by atoms with Gasteiger partial charge < -0.3 is 5.11 Å². The Balaban J connectivity index is 2.75. The zero-order chi connectivity index (χ0) is 11.4. The first-order valence-electron chi connectivity index (χ1n) is 4.13. The normalized spacial score (nSPS) is 28.7. The smallest absolute Gasteiger partial charge is 0.389 e. The van der Waals surface area contributed by atoms with Gasteiger partial charge in [-0.15, -0.1) is 0 Å². The van der Waals surface area contributed by atoms with E-state index in [-0.39, 0.29) is 5.41 Å². The molecule has 0 amide bonds. The number of halogens is 5. The van der Waals surface area contributed by atoms with Crippen molar-refractivity contribution in [3.05, 3.63) is 0 Å². The summed E-state index contributed by atoms with van der Waals surface area (Å²) in [7, 11) is 0. The molecule has 2 atom stereocenters. The number of hydrogen-bond acceptors (Lipinski definition) is 1. The van der Waals surface area contributed by atoms with Gasteiger partial charge in [-0.25, -0.2) is 0 Å². The summed E-state index contributed by atoms with van der Waals surface area (Å²) in [4.78, 5) is 0. The third kappa shape index (κ3) is 1.97. The number of rotatable bonds is 2. The molecule has 0 aromatic carbocycles. The largest absolute Gasteiger partial charge is 0.424 e. The molecule has 0 aliphatic heterocycles. The zero-order valence-electron chi connectivity index (χ0n) is 7.70. The highest BCUT2D eigenvalue weighted by molar-refractivity contribution is 6.49. The van der Waals surface area contributed by atoms with E-state index in [1.54, 1.807) is 13.8 Å². The van der Waals surface area contributed by atoms with Crippen LogP contribution in [-0.4, -0.2) is 21.7 Å². The van der Waals surface area contributed by atoms with E-state index in [2.05, 4.69) is 0 Å². The summed E-state index contributed by atoms with van der Waals surface area (Å²) in [6.45, 7) is 3.53. The quantitative estimate of drug-likeness (QED) is 0.747. The molecule has 1 aliphatic rings. The fourth-order valence-corrected chi connectivity index (χ4v) is 1.77. The average molecular weight is 251 g/mol. The summed E-state index contributed by atoms with van der Waals surface area (Å²) < 4.78 is 33.8. The lowest BCUT2D eigenvalue weighted by Crippen LogP contribution is -2.46. The number of alkyl halides is 5. The predicted octanol–water partition coefficient (Wildman–Crippen LogP) is 3.13. The van der Waals surface area contributed by atoms with Crippen molar-refractivity contribution >= 4 is 23.2 Å². The Morgan fingerprint density at radius 2 is 1.71 bits per heavy atom. The summed E-state index contributed by atoms with van der Waals surface area (Å²) >= 11 is 10.2. The topological polar surface area (TPSA) is 20.2 Å². The van der Waals surface area contributed by atoms with Crippen LogP contribution in [0.4, 0.5) is 13.2 Å². The molecule has 84 valence electrons. The van der Waals surface area contributed by atoms with E-state index in [1.165, 1.54) is 0 Å². The third-order valence-corrected chi connectivity index (χ3v) is 3.60. The van der Waals surface area contributed by atoms with E-state index in [0.29, 0.717) is 6.42 Å². The molecular formula is C8H11Cl2F3O. The number of aliphatic hydroxyl groups excluding tert-OH is 1. The summed E-state index contributed by atoms with van der Waals surface area (Å²) in [5.74, 6) is -0.487. The van der Waals surface area contributed by atoms with Gasteiger partial charge in [0.2, 0.25) is 4.33 Å². The van der Waals surface area contributed by atoms with Gasteiger partial charge in [0.25, 0.3) is 0 Å². The third-order valence-electron chi connectivity index (χ3n) is 2.72. The molecule has 0 bridgehead atoms. The van der Waals surface area contributed by atoms with Gasteiger partial charge in [0.1, 0.15) is 0 Å². The van der Waals surface area contributed by atoms with Gasteiger partial charge in [-0.3, -0.25) is 0 Å². The van der Waals surface area contributed by atoms with E-state index >= 15 is 0 Å². The first-order valence-corrected chi connectivity index (χ1v) is 4.88.